The normalized spacial score (nSPS) is 34.9. The summed E-state index contributed by atoms with van der Waals surface area (Å²) in [5, 5.41) is 8.54. The number of carboxylic acid groups (broad SMARTS) is 1. The zero-order valence-corrected chi connectivity index (χ0v) is 6.77. The highest BCUT2D eigenvalue weighted by Gasteiger charge is 2.63. The first kappa shape index (κ1) is 10.3. The standard InChI is InChI=1S/C7H10F3NO2/c8-7(9,10)6(5(12)13)2-1-4(11)3-6/h4H,1-3,11H2,(H,12,13)/t4-,6+/m0/s1. The molecule has 0 unspecified atom stereocenters. The second-order valence-corrected chi connectivity index (χ2v) is 3.39. The molecular formula is C7H10F3NO2. The Labute approximate surface area is 72.7 Å². The molecule has 0 heterocycles. The van der Waals surface area contributed by atoms with E-state index in [9.17, 15) is 18.0 Å². The second-order valence-electron chi connectivity index (χ2n) is 3.39. The van der Waals surface area contributed by atoms with Crippen molar-refractivity contribution in [3.8, 4) is 0 Å². The van der Waals surface area contributed by atoms with Crippen molar-refractivity contribution >= 4 is 5.97 Å². The van der Waals surface area contributed by atoms with E-state index in [0.29, 0.717) is 0 Å². The van der Waals surface area contributed by atoms with E-state index >= 15 is 0 Å². The van der Waals surface area contributed by atoms with Crippen LogP contribution in [0.25, 0.3) is 0 Å². The molecule has 0 aromatic rings. The predicted molar refractivity (Wildman–Crippen MR) is 38.0 cm³/mol. The zero-order valence-electron chi connectivity index (χ0n) is 6.77. The maximum atomic E-state index is 12.4. The lowest BCUT2D eigenvalue weighted by molar-refractivity contribution is -0.230. The van der Waals surface area contributed by atoms with E-state index in [0.717, 1.165) is 0 Å². The molecule has 0 aromatic carbocycles. The quantitative estimate of drug-likeness (QED) is 0.662. The molecule has 1 fully saturated rings. The average Bonchev–Trinajstić information content (AvgIpc) is 2.30. The van der Waals surface area contributed by atoms with Crippen LogP contribution in [-0.4, -0.2) is 23.3 Å². The third kappa shape index (κ3) is 1.50. The number of rotatable bonds is 1. The molecule has 0 aromatic heterocycles. The van der Waals surface area contributed by atoms with Gasteiger partial charge in [-0.05, 0) is 19.3 Å². The van der Waals surface area contributed by atoms with Crippen LogP contribution in [0.3, 0.4) is 0 Å². The van der Waals surface area contributed by atoms with Crippen molar-refractivity contribution in [3.63, 3.8) is 0 Å². The number of hydrogen-bond donors (Lipinski definition) is 2. The molecule has 0 amide bonds. The van der Waals surface area contributed by atoms with Gasteiger partial charge in [0.05, 0.1) is 0 Å². The molecule has 0 saturated heterocycles. The van der Waals surface area contributed by atoms with Gasteiger partial charge in [0.1, 0.15) is 0 Å². The summed E-state index contributed by atoms with van der Waals surface area (Å²) in [4.78, 5) is 10.5. The van der Waals surface area contributed by atoms with E-state index in [2.05, 4.69) is 0 Å². The van der Waals surface area contributed by atoms with E-state index < -0.39 is 36.4 Å². The number of carbonyl (C=O) groups is 1. The monoisotopic (exact) mass is 197 g/mol. The minimum atomic E-state index is -4.70. The summed E-state index contributed by atoms with van der Waals surface area (Å²) in [7, 11) is 0. The Morgan fingerprint density at radius 2 is 2.08 bits per heavy atom. The van der Waals surface area contributed by atoms with Crippen molar-refractivity contribution in [2.45, 2.75) is 31.5 Å². The summed E-state index contributed by atoms with van der Waals surface area (Å²) < 4.78 is 37.2. The highest BCUT2D eigenvalue weighted by Crippen LogP contribution is 2.50. The molecule has 1 aliphatic carbocycles. The van der Waals surface area contributed by atoms with Gasteiger partial charge >= 0.3 is 12.1 Å². The van der Waals surface area contributed by atoms with Crippen molar-refractivity contribution in [2.24, 2.45) is 11.1 Å². The van der Waals surface area contributed by atoms with Gasteiger partial charge in [-0.3, -0.25) is 4.79 Å². The predicted octanol–water partition coefficient (Wildman–Crippen LogP) is 1.13. The average molecular weight is 197 g/mol. The summed E-state index contributed by atoms with van der Waals surface area (Å²) >= 11 is 0. The van der Waals surface area contributed by atoms with Gasteiger partial charge in [0.2, 0.25) is 0 Å². The summed E-state index contributed by atoms with van der Waals surface area (Å²) in [6.45, 7) is 0. The summed E-state index contributed by atoms with van der Waals surface area (Å²) in [5.41, 5.74) is 2.68. The molecule has 0 aliphatic heterocycles. The fourth-order valence-corrected chi connectivity index (χ4v) is 1.66. The van der Waals surface area contributed by atoms with Crippen LogP contribution in [0.2, 0.25) is 0 Å². The van der Waals surface area contributed by atoms with Gasteiger partial charge in [0.25, 0.3) is 0 Å². The molecule has 1 rings (SSSR count). The topological polar surface area (TPSA) is 63.3 Å². The Morgan fingerprint density at radius 3 is 2.23 bits per heavy atom. The van der Waals surface area contributed by atoms with Crippen LogP contribution in [-0.2, 0) is 4.79 Å². The molecule has 6 heteroatoms. The van der Waals surface area contributed by atoms with Gasteiger partial charge in [0.15, 0.2) is 5.41 Å². The van der Waals surface area contributed by atoms with Crippen LogP contribution in [0.5, 0.6) is 0 Å². The van der Waals surface area contributed by atoms with Crippen molar-refractivity contribution < 1.29 is 23.1 Å². The maximum Gasteiger partial charge on any atom is 0.404 e. The van der Waals surface area contributed by atoms with Crippen LogP contribution in [0.4, 0.5) is 13.2 Å². The van der Waals surface area contributed by atoms with Crippen LogP contribution in [0.15, 0.2) is 0 Å². The third-order valence-corrected chi connectivity index (χ3v) is 2.50. The number of aliphatic carboxylic acids is 1. The van der Waals surface area contributed by atoms with Crippen molar-refractivity contribution in [1.82, 2.24) is 0 Å². The molecule has 13 heavy (non-hydrogen) atoms. The Bertz CT molecular complexity index is 228. The summed E-state index contributed by atoms with van der Waals surface area (Å²) in [5.74, 6) is -1.81. The first-order valence-corrected chi connectivity index (χ1v) is 3.85. The van der Waals surface area contributed by atoms with Crippen molar-refractivity contribution in [3.05, 3.63) is 0 Å². The smallest absolute Gasteiger partial charge is 0.404 e. The summed E-state index contributed by atoms with van der Waals surface area (Å²) in [6.07, 6.45) is -5.50. The van der Waals surface area contributed by atoms with Crippen LogP contribution >= 0.6 is 0 Å². The molecule has 1 saturated carbocycles. The molecule has 1 aliphatic rings. The van der Waals surface area contributed by atoms with E-state index in [-0.39, 0.29) is 6.42 Å². The SMILES string of the molecule is N[C@H]1CC[C@@](C(=O)O)(C(F)(F)F)C1. The number of nitrogens with two attached hydrogens (primary N) is 1. The Hall–Kier alpha value is -0.780. The lowest BCUT2D eigenvalue weighted by atomic mass is 9.85. The third-order valence-electron chi connectivity index (χ3n) is 2.50. The number of alkyl halides is 3. The molecular weight excluding hydrogens is 187 g/mol. The molecule has 0 bridgehead atoms. The van der Waals surface area contributed by atoms with E-state index in [1.54, 1.807) is 0 Å². The highest BCUT2D eigenvalue weighted by atomic mass is 19.4. The second kappa shape index (κ2) is 2.87. The largest absolute Gasteiger partial charge is 0.481 e. The fraction of sp³-hybridized carbons (Fsp3) is 0.857. The summed E-state index contributed by atoms with van der Waals surface area (Å²) in [6, 6.07) is -0.655. The zero-order chi connectivity index (χ0) is 10.3. The number of carboxylic acids is 1. The van der Waals surface area contributed by atoms with Gasteiger partial charge in [-0.25, -0.2) is 0 Å². The van der Waals surface area contributed by atoms with E-state index in [1.165, 1.54) is 0 Å². The molecule has 3 N–H and O–H groups in total. The molecule has 0 spiro atoms. The van der Waals surface area contributed by atoms with Crippen LogP contribution in [0, 0.1) is 5.41 Å². The lowest BCUT2D eigenvalue weighted by Crippen LogP contribution is -2.43. The number of hydrogen-bond acceptors (Lipinski definition) is 2. The Kier molecular flexibility index (Phi) is 2.27. The minimum absolute atomic E-state index is 0.117. The highest BCUT2D eigenvalue weighted by molar-refractivity contribution is 5.76. The Balaban J connectivity index is 2.97. The van der Waals surface area contributed by atoms with Crippen LogP contribution in [0.1, 0.15) is 19.3 Å². The Morgan fingerprint density at radius 1 is 1.54 bits per heavy atom. The molecule has 2 atom stereocenters. The molecule has 76 valence electrons. The first-order chi connectivity index (χ1) is 5.79. The van der Waals surface area contributed by atoms with Gasteiger partial charge < -0.3 is 10.8 Å². The van der Waals surface area contributed by atoms with Gasteiger partial charge in [-0.15, -0.1) is 0 Å². The molecule has 3 nitrogen and oxygen atoms in total. The van der Waals surface area contributed by atoms with Crippen molar-refractivity contribution in [2.75, 3.05) is 0 Å². The fourth-order valence-electron chi connectivity index (χ4n) is 1.66. The first-order valence-electron chi connectivity index (χ1n) is 3.85. The molecule has 0 radical (unpaired) electrons. The van der Waals surface area contributed by atoms with Crippen LogP contribution < -0.4 is 5.73 Å². The van der Waals surface area contributed by atoms with Gasteiger partial charge in [0, 0.05) is 6.04 Å². The lowest BCUT2D eigenvalue weighted by Gasteiger charge is -2.26. The van der Waals surface area contributed by atoms with E-state index in [1.807, 2.05) is 0 Å². The van der Waals surface area contributed by atoms with E-state index in [4.69, 9.17) is 10.8 Å². The van der Waals surface area contributed by atoms with Gasteiger partial charge in [-0.2, -0.15) is 13.2 Å². The van der Waals surface area contributed by atoms with Crippen molar-refractivity contribution in [1.29, 1.82) is 0 Å². The maximum absolute atomic E-state index is 12.4. The number of halogens is 3. The van der Waals surface area contributed by atoms with Gasteiger partial charge in [-0.1, -0.05) is 0 Å². The minimum Gasteiger partial charge on any atom is -0.481 e.